The van der Waals surface area contributed by atoms with E-state index >= 15 is 0 Å². The molecular weight excluding hydrogens is 186 g/mol. The fourth-order valence-corrected chi connectivity index (χ4v) is 1.87. The molecule has 0 bridgehead atoms. The number of imidazole rings is 1. The van der Waals surface area contributed by atoms with Crippen molar-refractivity contribution < 1.29 is 0 Å². The molecule has 0 unspecified atom stereocenters. The van der Waals surface area contributed by atoms with E-state index in [0.29, 0.717) is 12.2 Å². The van der Waals surface area contributed by atoms with Gasteiger partial charge in [-0.05, 0) is 19.1 Å². The molecule has 1 N–H and O–H groups in total. The molecule has 0 fully saturated rings. The van der Waals surface area contributed by atoms with Crippen LogP contribution in [0.4, 0.5) is 0 Å². The summed E-state index contributed by atoms with van der Waals surface area (Å²) in [6.07, 6.45) is 5.31. The van der Waals surface area contributed by atoms with Crippen molar-refractivity contribution in [2.24, 2.45) is 0 Å². The van der Waals surface area contributed by atoms with Crippen molar-refractivity contribution in [3.05, 3.63) is 29.9 Å². The van der Waals surface area contributed by atoms with Gasteiger partial charge in [-0.15, -0.1) is 6.42 Å². The molecule has 3 heteroatoms. The highest BCUT2D eigenvalue weighted by atomic mass is 15.2. The van der Waals surface area contributed by atoms with Gasteiger partial charge in [0.1, 0.15) is 0 Å². The van der Waals surface area contributed by atoms with Gasteiger partial charge >= 0.3 is 0 Å². The fraction of sp³-hybridized carbons (Fsp3) is 0.250. The molecule has 0 aliphatic rings. The van der Waals surface area contributed by atoms with Crippen LogP contribution in [0.5, 0.6) is 0 Å². The minimum atomic E-state index is 0.451. The van der Waals surface area contributed by atoms with E-state index in [1.165, 1.54) is 0 Å². The standard InChI is InChI=1S/C12H13N3/c1-3-9-15-11-8-6-5-7-10(11)14(4-2)12(15)13/h1,5-8,13H,4,9H2,2H3. The molecule has 0 aliphatic carbocycles. The number of nitrogens with one attached hydrogen (secondary N) is 1. The van der Waals surface area contributed by atoms with Crippen LogP contribution in [-0.2, 0) is 13.1 Å². The second-order valence-corrected chi connectivity index (χ2v) is 3.35. The second kappa shape index (κ2) is 3.66. The van der Waals surface area contributed by atoms with Gasteiger partial charge in [0.25, 0.3) is 0 Å². The molecule has 76 valence electrons. The van der Waals surface area contributed by atoms with Crippen LogP contribution in [-0.4, -0.2) is 9.13 Å². The Morgan fingerprint density at radius 2 is 1.87 bits per heavy atom. The average Bonchev–Trinajstić information content (AvgIpc) is 2.53. The van der Waals surface area contributed by atoms with Gasteiger partial charge in [0.05, 0.1) is 17.6 Å². The van der Waals surface area contributed by atoms with Crippen molar-refractivity contribution in [1.82, 2.24) is 9.13 Å². The van der Waals surface area contributed by atoms with E-state index in [-0.39, 0.29) is 0 Å². The van der Waals surface area contributed by atoms with Crippen molar-refractivity contribution in [2.75, 3.05) is 0 Å². The van der Waals surface area contributed by atoms with Crippen LogP contribution in [0.1, 0.15) is 6.92 Å². The van der Waals surface area contributed by atoms with E-state index in [9.17, 15) is 0 Å². The Hall–Kier alpha value is -1.95. The first-order valence-electron chi connectivity index (χ1n) is 4.95. The fourth-order valence-electron chi connectivity index (χ4n) is 1.87. The van der Waals surface area contributed by atoms with E-state index in [1.54, 1.807) is 0 Å². The maximum atomic E-state index is 8.01. The quantitative estimate of drug-likeness (QED) is 0.712. The number of hydrogen-bond acceptors (Lipinski definition) is 1. The number of benzene rings is 1. The van der Waals surface area contributed by atoms with Crippen molar-refractivity contribution in [3.8, 4) is 12.3 Å². The first kappa shape index (κ1) is 9.60. The molecule has 0 atom stereocenters. The zero-order valence-corrected chi connectivity index (χ0v) is 8.70. The van der Waals surface area contributed by atoms with E-state index in [4.69, 9.17) is 11.8 Å². The summed E-state index contributed by atoms with van der Waals surface area (Å²) < 4.78 is 3.80. The largest absolute Gasteiger partial charge is 0.311 e. The number of aryl methyl sites for hydroxylation is 1. The van der Waals surface area contributed by atoms with Gasteiger partial charge in [-0.3, -0.25) is 9.98 Å². The van der Waals surface area contributed by atoms with Crippen LogP contribution in [0.2, 0.25) is 0 Å². The molecule has 0 spiro atoms. The maximum Gasteiger partial charge on any atom is 0.203 e. The Balaban J connectivity index is 2.86. The van der Waals surface area contributed by atoms with Crippen LogP contribution in [0, 0.1) is 17.8 Å². The van der Waals surface area contributed by atoms with Crippen LogP contribution in [0.3, 0.4) is 0 Å². The third-order valence-electron chi connectivity index (χ3n) is 2.54. The third kappa shape index (κ3) is 1.35. The minimum Gasteiger partial charge on any atom is -0.311 e. The molecule has 1 heterocycles. The minimum absolute atomic E-state index is 0.451. The third-order valence-corrected chi connectivity index (χ3v) is 2.54. The lowest BCUT2D eigenvalue weighted by atomic mass is 10.3. The lowest BCUT2D eigenvalue weighted by Crippen LogP contribution is -2.23. The smallest absolute Gasteiger partial charge is 0.203 e. The SMILES string of the molecule is C#CCn1c(=N)n(CC)c2ccccc21. The Morgan fingerprint density at radius 1 is 1.27 bits per heavy atom. The van der Waals surface area contributed by atoms with Crippen LogP contribution >= 0.6 is 0 Å². The molecule has 3 nitrogen and oxygen atoms in total. The highest BCUT2D eigenvalue weighted by Crippen LogP contribution is 2.11. The predicted molar refractivity (Wildman–Crippen MR) is 60.3 cm³/mol. The normalized spacial score (nSPS) is 10.4. The molecule has 0 radical (unpaired) electrons. The first-order chi connectivity index (χ1) is 7.29. The molecule has 0 saturated carbocycles. The lowest BCUT2D eigenvalue weighted by molar-refractivity contribution is 0.660. The van der Waals surface area contributed by atoms with E-state index in [2.05, 4.69) is 5.92 Å². The molecule has 0 saturated heterocycles. The van der Waals surface area contributed by atoms with E-state index in [1.807, 2.05) is 40.3 Å². The number of rotatable bonds is 2. The Labute approximate surface area is 88.5 Å². The summed E-state index contributed by atoms with van der Waals surface area (Å²) in [7, 11) is 0. The highest BCUT2D eigenvalue weighted by molar-refractivity contribution is 5.75. The Kier molecular flexibility index (Phi) is 2.34. The molecular formula is C12H13N3. The van der Waals surface area contributed by atoms with Crippen LogP contribution < -0.4 is 5.62 Å². The van der Waals surface area contributed by atoms with Crippen molar-refractivity contribution in [1.29, 1.82) is 5.41 Å². The number of para-hydroxylation sites is 2. The molecule has 1 aromatic heterocycles. The summed E-state index contributed by atoms with van der Waals surface area (Å²) >= 11 is 0. The monoisotopic (exact) mass is 199 g/mol. The van der Waals surface area contributed by atoms with Gasteiger partial charge in [0.15, 0.2) is 0 Å². The number of terminal acetylenes is 1. The van der Waals surface area contributed by atoms with Crippen molar-refractivity contribution in [2.45, 2.75) is 20.0 Å². The van der Waals surface area contributed by atoms with Crippen molar-refractivity contribution in [3.63, 3.8) is 0 Å². The summed E-state index contributed by atoms with van der Waals surface area (Å²) in [6, 6.07) is 7.96. The molecule has 0 aliphatic heterocycles. The summed E-state index contributed by atoms with van der Waals surface area (Å²) in [6.45, 7) is 3.27. The van der Waals surface area contributed by atoms with Crippen LogP contribution in [0.15, 0.2) is 24.3 Å². The molecule has 2 aromatic rings. The van der Waals surface area contributed by atoms with Gasteiger partial charge in [-0.2, -0.15) is 0 Å². The van der Waals surface area contributed by atoms with E-state index < -0.39 is 0 Å². The zero-order valence-electron chi connectivity index (χ0n) is 8.70. The summed E-state index contributed by atoms with van der Waals surface area (Å²) in [4.78, 5) is 0. The second-order valence-electron chi connectivity index (χ2n) is 3.35. The molecule has 15 heavy (non-hydrogen) atoms. The predicted octanol–water partition coefficient (Wildman–Crippen LogP) is 1.58. The van der Waals surface area contributed by atoms with Crippen LogP contribution in [0.25, 0.3) is 11.0 Å². The van der Waals surface area contributed by atoms with Gasteiger partial charge in [-0.25, -0.2) is 0 Å². The molecule has 2 rings (SSSR count). The topological polar surface area (TPSA) is 33.7 Å². The molecule has 0 amide bonds. The summed E-state index contributed by atoms with van der Waals surface area (Å²) in [5.41, 5.74) is 2.57. The maximum absolute atomic E-state index is 8.01. The van der Waals surface area contributed by atoms with Gasteiger partial charge in [-0.1, -0.05) is 18.1 Å². The Bertz CT molecular complexity index is 581. The van der Waals surface area contributed by atoms with Gasteiger partial charge in [0.2, 0.25) is 5.62 Å². The number of aromatic nitrogens is 2. The highest BCUT2D eigenvalue weighted by Gasteiger charge is 2.07. The number of hydrogen-bond donors (Lipinski definition) is 1. The van der Waals surface area contributed by atoms with Crippen molar-refractivity contribution >= 4 is 11.0 Å². The summed E-state index contributed by atoms with van der Waals surface area (Å²) in [5, 5.41) is 8.01. The number of nitrogens with zero attached hydrogens (tertiary/aromatic N) is 2. The molecule has 1 aromatic carbocycles. The Morgan fingerprint density at radius 3 is 2.40 bits per heavy atom. The van der Waals surface area contributed by atoms with Gasteiger partial charge in [0, 0.05) is 6.54 Å². The first-order valence-corrected chi connectivity index (χ1v) is 4.95. The zero-order chi connectivity index (χ0) is 10.8. The van der Waals surface area contributed by atoms with Gasteiger partial charge < -0.3 is 4.57 Å². The summed E-state index contributed by atoms with van der Waals surface area (Å²) in [5.74, 6) is 2.58. The lowest BCUT2D eigenvalue weighted by Gasteiger charge is -1.97. The number of fused-ring (bicyclic) bond motifs is 1. The van der Waals surface area contributed by atoms with E-state index in [0.717, 1.165) is 17.6 Å². The average molecular weight is 199 g/mol.